The molecule has 0 saturated carbocycles. The first-order valence-electron chi connectivity index (χ1n) is 9.43. The van der Waals surface area contributed by atoms with E-state index >= 15 is 0 Å². The average Bonchev–Trinajstić information content (AvgIpc) is 2.77. The van der Waals surface area contributed by atoms with Crippen molar-refractivity contribution in [3.05, 3.63) is 96.3 Å². The molecule has 1 amide bonds. The molecule has 0 aliphatic heterocycles. The summed E-state index contributed by atoms with van der Waals surface area (Å²) in [5.74, 6) is -0.0676. The third kappa shape index (κ3) is 4.07. The number of carbonyl (C=O) groups is 1. The number of hydrogen-bond donors (Lipinski definition) is 1. The number of amides is 1. The van der Waals surface area contributed by atoms with E-state index in [0.29, 0.717) is 12.1 Å². The third-order valence-corrected chi connectivity index (χ3v) is 4.71. The first kappa shape index (κ1) is 17.9. The van der Waals surface area contributed by atoms with E-state index in [1.165, 1.54) is 5.56 Å². The number of hydrogen-bond acceptors (Lipinski definition) is 3. The van der Waals surface area contributed by atoms with Crippen molar-refractivity contribution in [3.63, 3.8) is 0 Å². The average molecular weight is 367 g/mol. The van der Waals surface area contributed by atoms with Crippen LogP contribution in [0.1, 0.15) is 22.3 Å². The largest absolute Gasteiger partial charge is 0.352 e. The summed E-state index contributed by atoms with van der Waals surface area (Å²) < 4.78 is 0. The van der Waals surface area contributed by atoms with Gasteiger partial charge >= 0.3 is 0 Å². The topological polar surface area (TPSA) is 54.9 Å². The van der Waals surface area contributed by atoms with Crippen LogP contribution in [0.4, 0.5) is 0 Å². The number of rotatable bonds is 6. The monoisotopic (exact) mass is 367 g/mol. The van der Waals surface area contributed by atoms with Gasteiger partial charge in [-0.25, -0.2) is 4.98 Å². The van der Waals surface area contributed by atoms with Crippen molar-refractivity contribution in [2.75, 3.05) is 6.54 Å². The molecule has 0 unspecified atom stereocenters. The van der Waals surface area contributed by atoms with Crippen LogP contribution in [0.25, 0.3) is 22.2 Å². The molecule has 0 spiro atoms. The molecule has 2 aromatic carbocycles. The smallest absolute Gasteiger partial charge is 0.252 e. The van der Waals surface area contributed by atoms with Gasteiger partial charge in [0.25, 0.3) is 5.91 Å². The Morgan fingerprint density at radius 2 is 1.64 bits per heavy atom. The molecule has 1 N–H and O–H groups in total. The second kappa shape index (κ2) is 8.44. The number of benzene rings is 2. The van der Waals surface area contributed by atoms with E-state index in [0.717, 1.165) is 35.0 Å². The maximum Gasteiger partial charge on any atom is 0.252 e. The number of aromatic nitrogens is 2. The standard InChI is InChI=1S/C24H21N3O/c28-24(26-14-6-9-18-7-2-1-3-8-18)21-17-23(19-12-15-25-16-13-19)27-22-11-5-4-10-20(21)22/h1-5,7-8,10-13,15-17H,6,9,14H2,(H,26,28). The highest BCUT2D eigenvalue weighted by molar-refractivity contribution is 6.07. The minimum Gasteiger partial charge on any atom is -0.352 e. The van der Waals surface area contributed by atoms with Crippen LogP contribution in [0.3, 0.4) is 0 Å². The Kier molecular flexibility index (Phi) is 5.38. The van der Waals surface area contributed by atoms with E-state index in [2.05, 4.69) is 22.4 Å². The van der Waals surface area contributed by atoms with Gasteiger partial charge in [-0.1, -0.05) is 48.5 Å². The summed E-state index contributed by atoms with van der Waals surface area (Å²) >= 11 is 0. The summed E-state index contributed by atoms with van der Waals surface area (Å²) in [7, 11) is 0. The highest BCUT2D eigenvalue weighted by Crippen LogP contribution is 2.24. The van der Waals surface area contributed by atoms with Gasteiger partial charge in [0, 0.05) is 29.9 Å². The van der Waals surface area contributed by atoms with Crippen molar-refractivity contribution in [1.82, 2.24) is 15.3 Å². The van der Waals surface area contributed by atoms with Gasteiger partial charge in [-0.3, -0.25) is 9.78 Å². The van der Waals surface area contributed by atoms with Gasteiger partial charge in [-0.05, 0) is 42.7 Å². The minimum atomic E-state index is -0.0676. The van der Waals surface area contributed by atoms with Crippen LogP contribution in [-0.2, 0) is 6.42 Å². The molecule has 138 valence electrons. The van der Waals surface area contributed by atoms with Crippen molar-refractivity contribution in [3.8, 4) is 11.3 Å². The lowest BCUT2D eigenvalue weighted by molar-refractivity contribution is 0.0955. The fourth-order valence-electron chi connectivity index (χ4n) is 3.27. The number of nitrogens with one attached hydrogen (secondary N) is 1. The fourth-order valence-corrected chi connectivity index (χ4v) is 3.27. The van der Waals surface area contributed by atoms with Gasteiger partial charge in [0.15, 0.2) is 0 Å². The molecular weight excluding hydrogens is 346 g/mol. The van der Waals surface area contributed by atoms with Crippen molar-refractivity contribution in [1.29, 1.82) is 0 Å². The normalized spacial score (nSPS) is 10.7. The van der Waals surface area contributed by atoms with Crippen LogP contribution >= 0.6 is 0 Å². The lowest BCUT2D eigenvalue weighted by Crippen LogP contribution is -2.25. The number of pyridine rings is 2. The van der Waals surface area contributed by atoms with Gasteiger partial charge in [-0.15, -0.1) is 0 Å². The summed E-state index contributed by atoms with van der Waals surface area (Å²) in [6, 6.07) is 23.7. The summed E-state index contributed by atoms with van der Waals surface area (Å²) in [4.78, 5) is 21.7. The lowest BCUT2D eigenvalue weighted by atomic mass is 10.0. The van der Waals surface area contributed by atoms with Crippen molar-refractivity contribution in [2.45, 2.75) is 12.8 Å². The Balaban J connectivity index is 1.54. The first-order chi connectivity index (χ1) is 13.8. The van der Waals surface area contributed by atoms with Crippen molar-refractivity contribution in [2.24, 2.45) is 0 Å². The van der Waals surface area contributed by atoms with Gasteiger partial charge in [-0.2, -0.15) is 0 Å². The molecule has 0 atom stereocenters. The Labute approximate surface area is 164 Å². The van der Waals surface area contributed by atoms with Crippen LogP contribution in [-0.4, -0.2) is 22.4 Å². The molecule has 28 heavy (non-hydrogen) atoms. The van der Waals surface area contributed by atoms with E-state index in [4.69, 9.17) is 4.98 Å². The van der Waals surface area contributed by atoms with Crippen LogP contribution in [0.15, 0.2) is 85.2 Å². The zero-order valence-corrected chi connectivity index (χ0v) is 15.5. The maximum absolute atomic E-state index is 12.9. The van der Waals surface area contributed by atoms with Crippen LogP contribution in [0.2, 0.25) is 0 Å². The first-order valence-corrected chi connectivity index (χ1v) is 9.43. The second-order valence-corrected chi connectivity index (χ2v) is 6.65. The van der Waals surface area contributed by atoms with Gasteiger partial charge in [0.2, 0.25) is 0 Å². The lowest BCUT2D eigenvalue weighted by Gasteiger charge is -2.11. The quantitative estimate of drug-likeness (QED) is 0.504. The number of aryl methyl sites for hydroxylation is 1. The Bertz CT molecular complexity index is 1080. The van der Waals surface area contributed by atoms with E-state index in [1.807, 2.05) is 60.7 Å². The molecule has 2 heterocycles. The van der Waals surface area contributed by atoms with E-state index < -0.39 is 0 Å². The fraction of sp³-hybridized carbons (Fsp3) is 0.125. The zero-order valence-electron chi connectivity index (χ0n) is 15.5. The molecule has 0 radical (unpaired) electrons. The molecule has 0 saturated heterocycles. The Morgan fingerprint density at radius 3 is 2.46 bits per heavy atom. The number of para-hydroxylation sites is 1. The summed E-state index contributed by atoms with van der Waals surface area (Å²) in [6.07, 6.45) is 5.31. The molecule has 0 aliphatic carbocycles. The maximum atomic E-state index is 12.9. The molecule has 0 aliphatic rings. The molecular formula is C24H21N3O. The van der Waals surface area contributed by atoms with E-state index in [9.17, 15) is 4.79 Å². The van der Waals surface area contributed by atoms with Crippen molar-refractivity contribution >= 4 is 16.8 Å². The molecule has 4 nitrogen and oxygen atoms in total. The molecule has 2 aromatic heterocycles. The van der Waals surface area contributed by atoms with Crippen LogP contribution < -0.4 is 5.32 Å². The Morgan fingerprint density at radius 1 is 0.893 bits per heavy atom. The summed E-state index contributed by atoms with van der Waals surface area (Å²) in [5.41, 5.74) is 4.46. The van der Waals surface area contributed by atoms with E-state index in [-0.39, 0.29) is 5.91 Å². The van der Waals surface area contributed by atoms with Crippen LogP contribution in [0, 0.1) is 0 Å². The number of fused-ring (bicyclic) bond motifs is 1. The highest BCUT2D eigenvalue weighted by Gasteiger charge is 2.13. The minimum absolute atomic E-state index is 0.0676. The molecule has 4 aromatic rings. The van der Waals surface area contributed by atoms with E-state index in [1.54, 1.807) is 12.4 Å². The Hall–Kier alpha value is -3.53. The van der Waals surface area contributed by atoms with Gasteiger partial charge < -0.3 is 5.32 Å². The van der Waals surface area contributed by atoms with Crippen molar-refractivity contribution < 1.29 is 4.79 Å². The predicted octanol–water partition coefficient (Wildman–Crippen LogP) is 4.66. The summed E-state index contributed by atoms with van der Waals surface area (Å²) in [6.45, 7) is 0.634. The zero-order chi connectivity index (χ0) is 19.2. The number of carbonyl (C=O) groups excluding carboxylic acids is 1. The molecule has 0 bridgehead atoms. The van der Waals surface area contributed by atoms with Gasteiger partial charge in [0.1, 0.15) is 0 Å². The third-order valence-electron chi connectivity index (χ3n) is 4.71. The second-order valence-electron chi connectivity index (χ2n) is 6.65. The molecule has 4 heteroatoms. The molecule has 0 fully saturated rings. The summed E-state index contributed by atoms with van der Waals surface area (Å²) in [5, 5.41) is 3.92. The highest BCUT2D eigenvalue weighted by atomic mass is 16.1. The number of nitrogens with zero attached hydrogens (tertiary/aromatic N) is 2. The SMILES string of the molecule is O=C(NCCCc1ccccc1)c1cc(-c2ccncc2)nc2ccccc12. The predicted molar refractivity (Wildman–Crippen MR) is 112 cm³/mol. The van der Waals surface area contributed by atoms with Gasteiger partial charge in [0.05, 0.1) is 16.8 Å². The van der Waals surface area contributed by atoms with Crippen LogP contribution in [0.5, 0.6) is 0 Å². The molecule has 4 rings (SSSR count).